The van der Waals surface area contributed by atoms with Crippen LogP contribution in [0.5, 0.6) is 0 Å². The zero-order valence-electron chi connectivity index (χ0n) is 7.03. The first-order valence-corrected chi connectivity index (χ1v) is 5.15. The summed E-state index contributed by atoms with van der Waals surface area (Å²) in [5.74, 6) is 0. The van der Waals surface area contributed by atoms with Crippen molar-refractivity contribution in [2.45, 2.75) is 18.8 Å². The SMILES string of the molecule is FC(F)(F)[C@H]1NCc2cc(I)ccc21. The van der Waals surface area contributed by atoms with Gasteiger partial charge in [-0.3, -0.25) is 5.32 Å². The van der Waals surface area contributed by atoms with Crippen LogP contribution in [0, 0.1) is 3.57 Å². The molecule has 1 aromatic carbocycles. The third-order valence-corrected chi connectivity index (χ3v) is 2.91. The van der Waals surface area contributed by atoms with E-state index >= 15 is 0 Å². The summed E-state index contributed by atoms with van der Waals surface area (Å²) in [5.41, 5.74) is 1.11. The van der Waals surface area contributed by atoms with E-state index in [1.54, 1.807) is 18.2 Å². The zero-order valence-corrected chi connectivity index (χ0v) is 9.19. The number of alkyl halides is 3. The fraction of sp³-hybridized carbons (Fsp3) is 0.333. The Balaban J connectivity index is 2.41. The number of halogens is 4. The molecule has 0 spiro atoms. The Morgan fingerprint density at radius 1 is 1.36 bits per heavy atom. The Morgan fingerprint density at radius 3 is 2.71 bits per heavy atom. The number of nitrogens with one attached hydrogen (secondary N) is 1. The third-order valence-electron chi connectivity index (χ3n) is 2.24. The van der Waals surface area contributed by atoms with E-state index in [1.807, 2.05) is 0 Å². The van der Waals surface area contributed by atoms with E-state index in [-0.39, 0.29) is 0 Å². The first-order chi connectivity index (χ1) is 6.48. The van der Waals surface area contributed by atoms with E-state index < -0.39 is 12.2 Å². The van der Waals surface area contributed by atoms with Crippen molar-refractivity contribution in [3.8, 4) is 0 Å². The largest absolute Gasteiger partial charge is 0.407 e. The van der Waals surface area contributed by atoms with Crippen LogP contribution in [0.3, 0.4) is 0 Å². The summed E-state index contributed by atoms with van der Waals surface area (Å²) < 4.78 is 38.4. The number of fused-ring (bicyclic) bond motifs is 1. The summed E-state index contributed by atoms with van der Waals surface area (Å²) in [7, 11) is 0. The molecule has 1 aliphatic heterocycles. The maximum absolute atomic E-state index is 12.5. The van der Waals surface area contributed by atoms with Crippen LogP contribution in [-0.4, -0.2) is 6.18 Å². The lowest BCUT2D eigenvalue weighted by atomic mass is 10.1. The second-order valence-electron chi connectivity index (χ2n) is 3.20. The summed E-state index contributed by atoms with van der Waals surface area (Å²) in [4.78, 5) is 0. The first-order valence-electron chi connectivity index (χ1n) is 4.07. The number of hydrogen-bond donors (Lipinski definition) is 1. The molecule has 1 N–H and O–H groups in total. The lowest BCUT2D eigenvalue weighted by Crippen LogP contribution is -2.28. The van der Waals surface area contributed by atoms with Crippen LogP contribution in [0.4, 0.5) is 13.2 Å². The second kappa shape index (κ2) is 3.37. The van der Waals surface area contributed by atoms with Crippen molar-refractivity contribution in [2.75, 3.05) is 0 Å². The highest BCUT2D eigenvalue weighted by Crippen LogP contribution is 2.38. The molecule has 2 rings (SSSR count). The summed E-state index contributed by atoms with van der Waals surface area (Å²) in [6, 6.07) is 3.55. The van der Waals surface area contributed by atoms with Crippen molar-refractivity contribution in [3.05, 3.63) is 32.9 Å². The number of benzene rings is 1. The maximum Gasteiger partial charge on any atom is 0.407 e. The van der Waals surface area contributed by atoms with E-state index in [0.29, 0.717) is 12.1 Å². The molecule has 0 radical (unpaired) electrons. The highest BCUT2D eigenvalue weighted by Gasteiger charge is 2.44. The highest BCUT2D eigenvalue weighted by atomic mass is 127. The molecular weight excluding hydrogens is 306 g/mol. The molecule has 0 aliphatic carbocycles. The van der Waals surface area contributed by atoms with Gasteiger partial charge in [0.1, 0.15) is 6.04 Å². The molecule has 0 fully saturated rings. The molecule has 1 atom stereocenters. The smallest absolute Gasteiger partial charge is 0.298 e. The molecule has 1 aliphatic rings. The minimum absolute atomic E-state index is 0.302. The van der Waals surface area contributed by atoms with Gasteiger partial charge in [0.2, 0.25) is 0 Å². The molecule has 0 saturated heterocycles. The quantitative estimate of drug-likeness (QED) is 0.726. The van der Waals surface area contributed by atoms with Crippen LogP contribution in [0.1, 0.15) is 17.2 Å². The fourth-order valence-electron chi connectivity index (χ4n) is 1.62. The molecule has 1 nitrogen and oxygen atoms in total. The summed E-state index contributed by atoms with van der Waals surface area (Å²) in [5, 5.41) is 2.46. The van der Waals surface area contributed by atoms with Gasteiger partial charge in [-0.1, -0.05) is 6.07 Å². The topological polar surface area (TPSA) is 12.0 Å². The Labute approximate surface area is 92.8 Å². The van der Waals surface area contributed by atoms with Gasteiger partial charge in [-0.05, 0) is 45.9 Å². The van der Waals surface area contributed by atoms with Crippen LogP contribution in [0.2, 0.25) is 0 Å². The van der Waals surface area contributed by atoms with Crippen molar-refractivity contribution in [2.24, 2.45) is 0 Å². The van der Waals surface area contributed by atoms with Crippen LogP contribution < -0.4 is 5.32 Å². The van der Waals surface area contributed by atoms with Crippen LogP contribution in [0.25, 0.3) is 0 Å². The van der Waals surface area contributed by atoms with Crippen LogP contribution >= 0.6 is 22.6 Å². The van der Waals surface area contributed by atoms with Gasteiger partial charge in [0.25, 0.3) is 0 Å². The summed E-state index contributed by atoms with van der Waals surface area (Å²) in [6.45, 7) is 0.302. The summed E-state index contributed by atoms with van der Waals surface area (Å²) in [6.07, 6.45) is -4.20. The Hall–Kier alpha value is -0.300. The Kier molecular flexibility index (Phi) is 2.46. The predicted octanol–water partition coefficient (Wildman–Crippen LogP) is 3.00. The van der Waals surface area contributed by atoms with Crippen molar-refractivity contribution in [1.29, 1.82) is 0 Å². The van der Waals surface area contributed by atoms with E-state index in [4.69, 9.17) is 0 Å². The Bertz CT molecular complexity index is 362. The van der Waals surface area contributed by atoms with Crippen LogP contribution in [-0.2, 0) is 6.54 Å². The molecule has 0 unspecified atom stereocenters. The standard InChI is InChI=1S/C9H7F3IN/c10-9(11,12)8-7-2-1-6(13)3-5(7)4-14-8/h1-3,8,14H,4H2/t8-/m0/s1. The lowest BCUT2D eigenvalue weighted by Gasteiger charge is -2.15. The van der Waals surface area contributed by atoms with E-state index in [9.17, 15) is 13.2 Å². The van der Waals surface area contributed by atoms with E-state index in [0.717, 1.165) is 9.13 Å². The van der Waals surface area contributed by atoms with Gasteiger partial charge >= 0.3 is 6.18 Å². The number of hydrogen-bond acceptors (Lipinski definition) is 1. The van der Waals surface area contributed by atoms with Gasteiger partial charge < -0.3 is 0 Å². The van der Waals surface area contributed by atoms with Crippen molar-refractivity contribution in [3.63, 3.8) is 0 Å². The Morgan fingerprint density at radius 2 is 2.07 bits per heavy atom. The van der Waals surface area contributed by atoms with Crippen molar-refractivity contribution >= 4 is 22.6 Å². The molecule has 1 aromatic rings. The minimum atomic E-state index is -4.20. The van der Waals surface area contributed by atoms with Gasteiger partial charge in [0, 0.05) is 10.1 Å². The average Bonchev–Trinajstić information content (AvgIpc) is 2.45. The molecule has 0 amide bonds. The fourth-order valence-corrected chi connectivity index (χ4v) is 2.18. The van der Waals surface area contributed by atoms with Crippen molar-refractivity contribution < 1.29 is 13.2 Å². The molecule has 0 bridgehead atoms. The molecule has 76 valence electrons. The second-order valence-corrected chi connectivity index (χ2v) is 4.44. The monoisotopic (exact) mass is 313 g/mol. The lowest BCUT2D eigenvalue weighted by molar-refractivity contribution is -0.155. The highest BCUT2D eigenvalue weighted by molar-refractivity contribution is 14.1. The van der Waals surface area contributed by atoms with Gasteiger partial charge in [0.05, 0.1) is 0 Å². The maximum atomic E-state index is 12.5. The molecule has 1 heterocycles. The summed E-state index contributed by atoms with van der Waals surface area (Å²) >= 11 is 2.09. The molecule has 5 heteroatoms. The normalized spacial score (nSPS) is 21.0. The number of rotatable bonds is 0. The zero-order chi connectivity index (χ0) is 10.3. The van der Waals surface area contributed by atoms with Gasteiger partial charge in [-0.2, -0.15) is 13.2 Å². The van der Waals surface area contributed by atoms with E-state index in [1.165, 1.54) is 0 Å². The van der Waals surface area contributed by atoms with Crippen molar-refractivity contribution in [1.82, 2.24) is 5.32 Å². The molecule has 0 aromatic heterocycles. The predicted molar refractivity (Wildman–Crippen MR) is 54.8 cm³/mol. The first kappa shape index (κ1) is 10.2. The van der Waals surface area contributed by atoms with Gasteiger partial charge in [0.15, 0.2) is 0 Å². The average molecular weight is 313 g/mol. The molecule has 0 saturated carbocycles. The van der Waals surface area contributed by atoms with Gasteiger partial charge in [-0.25, -0.2) is 0 Å². The van der Waals surface area contributed by atoms with Gasteiger partial charge in [-0.15, -0.1) is 0 Å². The molecular formula is C9H7F3IN. The third kappa shape index (κ3) is 1.75. The minimum Gasteiger partial charge on any atom is -0.298 e. The molecule has 14 heavy (non-hydrogen) atoms. The van der Waals surface area contributed by atoms with E-state index in [2.05, 4.69) is 27.9 Å². The van der Waals surface area contributed by atoms with Crippen LogP contribution in [0.15, 0.2) is 18.2 Å².